The van der Waals surface area contributed by atoms with Crippen LogP contribution in [0.15, 0.2) is 65.1 Å². The van der Waals surface area contributed by atoms with Crippen LogP contribution in [0, 0.1) is 6.92 Å². The van der Waals surface area contributed by atoms with Crippen molar-refractivity contribution in [2.45, 2.75) is 6.92 Å². The van der Waals surface area contributed by atoms with Crippen molar-refractivity contribution in [3.05, 3.63) is 83.1 Å². The van der Waals surface area contributed by atoms with Gasteiger partial charge in [0.2, 0.25) is 5.78 Å². The molecule has 2 aliphatic carbocycles. The Labute approximate surface area is 150 Å². The number of ketones is 1. The lowest BCUT2D eigenvalue weighted by Crippen LogP contribution is -2.00. The number of fused-ring (bicyclic) bond motifs is 2. The van der Waals surface area contributed by atoms with Crippen LogP contribution in [-0.2, 0) is 4.74 Å². The van der Waals surface area contributed by atoms with E-state index >= 15 is 0 Å². The van der Waals surface area contributed by atoms with Crippen molar-refractivity contribution in [1.29, 1.82) is 0 Å². The zero-order valence-corrected chi connectivity index (χ0v) is 14.4. The van der Waals surface area contributed by atoms with Crippen molar-refractivity contribution < 1.29 is 18.7 Å². The van der Waals surface area contributed by atoms with Gasteiger partial charge >= 0.3 is 5.97 Å². The number of benzene rings is 1. The average Bonchev–Trinajstić information content (AvgIpc) is 3.16. The van der Waals surface area contributed by atoms with Gasteiger partial charge in [-0.3, -0.25) is 4.79 Å². The molecule has 1 aromatic carbocycles. The molecule has 4 nitrogen and oxygen atoms in total. The summed E-state index contributed by atoms with van der Waals surface area (Å²) in [4.78, 5) is 25.3. The molecular formula is C22H16O4. The number of methoxy groups -OCH3 is 1. The first-order valence-corrected chi connectivity index (χ1v) is 8.24. The van der Waals surface area contributed by atoms with Gasteiger partial charge in [0.25, 0.3) is 0 Å². The number of carbonyl (C=O) groups excluding carboxylic acids is 2. The molecule has 0 radical (unpaired) electrons. The maximum Gasteiger partial charge on any atom is 0.338 e. The second kappa shape index (κ2) is 6.15. The highest BCUT2D eigenvalue weighted by atomic mass is 16.5. The van der Waals surface area contributed by atoms with Gasteiger partial charge in [0.15, 0.2) is 5.76 Å². The van der Waals surface area contributed by atoms with E-state index in [1.807, 2.05) is 49.4 Å². The van der Waals surface area contributed by atoms with Crippen LogP contribution in [0.1, 0.15) is 32.0 Å². The standard InChI is InChI=1S/C22H16O4/c1-13-7-6-8-14-11-19(26-21(13)14)20(23)17-12-18(22(24)25-2)16-10-5-3-4-9-15(16)17/h3-12H,1-2H3. The maximum absolute atomic E-state index is 13.1. The van der Waals surface area contributed by atoms with Crippen LogP contribution < -0.4 is 0 Å². The third-order valence-electron chi connectivity index (χ3n) is 4.52. The molecule has 0 bridgehead atoms. The number of carbonyl (C=O) groups is 2. The summed E-state index contributed by atoms with van der Waals surface area (Å²) in [6, 6.07) is 18.2. The Morgan fingerprint density at radius 2 is 1.62 bits per heavy atom. The smallest absolute Gasteiger partial charge is 0.338 e. The van der Waals surface area contributed by atoms with E-state index in [0.29, 0.717) is 27.8 Å². The van der Waals surface area contributed by atoms with Crippen LogP contribution in [0.2, 0.25) is 0 Å². The maximum atomic E-state index is 13.1. The summed E-state index contributed by atoms with van der Waals surface area (Å²) in [5.74, 6) is -0.475. The minimum Gasteiger partial charge on any atom is -0.465 e. The van der Waals surface area contributed by atoms with Crippen molar-refractivity contribution >= 4 is 22.7 Å². The van der Waals surface area contributed by atoms with Gasteiger partial charge in [0.05, 0.1) is 12.7 Å². The third kappa shape index (κ3) is 2.47. The molecule has 0 amide bonds. The quantitative estimate of drug-likeness (QED) is 0.393. The number of para-hydroxylation sites is 1. The minimum atomic E-state index is -0.472. The lowest BCUT2D eigenvalue weighted by molar-refractivity contribution is 0.0602. The van der Waals surface area contributed by atoms with Crippen LogP contribution in [0.5, 0.6) is 0 Å². The first-order chi connectivity index (χ1) is 12.6. The van der Waals surface area contributed by atoms with Crippen LogP contribution in [0.3, 0.4) is 0 Å². The molecule has 0 N–H and O–H groups in total. The van der Waals surface area contributed by atoms with Gasteiger partial charge in [0.1, 0.15) is 5.58 Å². The summed E-state index contributed by atoms with van der Waals surface area (Å²) in [6.45, 7) is 1.94. The van der Waals surface area contributed by atoms with E-state index in [1.165, 1.54) is 7.11 Å². The summed E-state index contributed by atoms with van der Waals surface area (Å²) in [7, 11) is 1.33. The van der Waals surface area contributed by atoms with Crippen molar-refractivity contribution in [3.8, 4) is 11.1 Å². The molecule has 0 fully saturated rings. The first kappa shape index (κ1) is 16.1. The minimum absolute atomic E-state index is 0.254. The second-order valence-electron chi connectivity index (χ2n) is 6.13. The zero-order valence-electron chi connectivity index (χ0n) is 14.4. The summed E-state index contributed by atoms with van der Waals surface area (Å²) in [5.41, 5.74) is 3.83. The molecule has 4 heteroatoms. The highest BCUT2D eigenvalue weighted by molar-refractivity contribution is 6.16. The van der Waals surface area contributed by atoms with Gasteiger partial charge in [-0.2, -0.15) is 0 Å². The molecule has 26 heavy (non-hydrogen) atoms. The van der Waals surface area contributed by atoms with E-state index < -0.39 is 5.97 Å². The fourth-order valence-corrected chi connectivity index (χ4v) is 3.24. The SMILES string of the molecule is COC(=O)c1cc(C(=O)c2cc3cccc(C)c3o2)c2cccccc1-2. The Hall–Kier alpha value is -3.40. The van der Waals surface area contributed by atoms with Crippen LogP contribution in [-0.4, -0.2) is 18.9 Å². The molecule has 128 valence electrons. The Balaban J connectivity index is 1.89. The predicted molar refractivity (Wildman–Crippen MR) is 98.8 cm³/mol. The van der Waals surface area contributed by atoms with E-state index in [-0.39, 0.29) is 11.5 Å². The van der Waals surface area contributed by atoms with E-state index in [2.05, 4.69) is 0 Å². The van der Waals surface area contributed by atoms with Crippen molar-refractivity contribution in [2.24, 2.45) is 0 Å². The molecule has 1 aromatic heterocycles. The molecule has 0 aliphatic heterocycles. The van der Waals surface area contributed by atoms with Crippen molar-refractivity contribution in [2.75, 3.05) is 7.11 Å². The molecule has 0 saturated heterocycles. The number of rotatable bonds is 3. The second-order valence-corrected chi connectivity index (χ2v) is 6.13. The van der Waals surface area contributed by atoms with Crippen molar-refractivity contribution in [3.63, 3.8) is 0 Å². The number of hydrogen-bond donors (Lipinski definition) is 0. The molecule has 1 heterocycles. The van der Waals surface area contributed by atoms with E-state index in [9.17, 15) is 9.59 Å². The summed E-state index contributed by atoms with van der Waals surface area (Å²) < 4.78 is 10.7. The van der Waals surface area contributed by atoms with E-state index in [4.69, 9.17) is 9.15 Å². The largest absolute Gasteiger partial charge is 0.465 e. The van der Waals surface area contributed by atoms with Crippen LogP contribution in [0.25, 0.3) is 22.1 Å². The Morgan fingerprint density at radius 3 is 2.31 bits per heavy atom. The molecular weight excluding hydrogens is 328 g/mol. The predicted octanol–water partition coefficient (Wildman–Crippen LogP) is 4.86. The fraction of sp³-hybridized carbons (Fsp3) is 0.0909. The molecule has 4 rings (SSSR count). The third-order valence-corrected chi connectivity index (χ3v) is 4.52. The molecule has 0 atom stereocenters. The van der Waals surface area contributed by atoms with E-state index in [0.717, 1.165) is 10.9 Å². The first-order valence-electron chi connectivity index (χ1n) is 8.24. The van der Waals surface area contributed by atoms with Crippen LogP contribution in [0.4, 0.5) is 0 Å². The van der Waals surface area contributed by atoms with Gasteiger partial charge in [-0.15, -0.1) is 0 Å². The summed E-state index contributed by atoms with van der Waals surface area (Å²) in [6.07, 6.45) is 0. The zero-order chi connectivity index (χ0) is 18.3. The number of ether oxygens (including phenoxy) is 1. The number of aryl methyl sites for hydroxylation is 1. The molecule has 2 aliphatic rings. The summed E-state index contributed by atoms with van der Waals surface area (Å²) >= 11 is 0. The molecule has 0 unspecified atom stereocenters. The number of esters is 1. The fourth-order valence-electron chi connectivity index (χ4n) is 3.24. The molecule has 0 saturated carbocycles. The average molecular weight is 344 g/mol. The molecule has 2 aromatic rings. The Kier molecular flexibility index (Phi) is 3.81. The van der Waals surface area contributed by atoms with Gasteiger partial charge < -0.3 is 9.15 Å². The highest BCUT2D eigenvalue weighted by Crippen LogP contribution is 2.34. The van der Waals surface area contributed by atoms with Gasteiger partial charge in [-0.25, -0.2) is 4.79 Å². The van der Waals surface area contributed by atoms with Gasteiger partial charge in [-0.1, -0.05) is 48.5 Å². The lowest BCUT2D eigenvalue weighted by Gasteiger charge is -2.00. The van der Waals surface area contributed by atoms with Crippen molar-refractivity contribution in [1.82, 2.24) is 0 Å². The Morgan fingerprint density at radius 1 is 0.885 bits per heavy atom. The van der Waals surface area contributed by atoms with Crippen LogP contribution >= 0.6 is 0 Å². The Bertz CT molecular complexity index is 1120. The monoisotopic (exact) mass is 344 g/mol. The number of furan rings is 1. The van der Waals surface area contributed by atoms with E-state index in [1.54, 1.807) is 18.2 Å². The van der Waals surface area contributed by atoms with Gasteiger partial charge in [0, 0.05) is 10.9 Å². The molecule has 0 spiro atoms. The normalized spacial score (nSPS) is 11.0. The summed E-state index contributed by atoms with van der Waals surface area (Å²) in [5, 5.41) is 0.878. The topological polar surface area (TPSA) is 56.5 Å². The number of hydrogen-bond acceptors (Lipinski definition) is 4. The lowest BCUT2D eigenvalue weighted by atomic mass is 10.0. The highest BCUT2D eigenvalue weighted by Gasteiger charge is 2.26. The van der Waals surface area contributed by atoms with Gasteiger partial charge in [-0.05, 0) is 35.7 Å².